The summed E-state index contributed by atoms with van der Waals surface area (Å²) >= 11 is 7.54. The van der Waals surface area contributed by atoms with Crippen molar-refractivity contribution in [3.8, 4) is 0 Å². The fraction of sp³-hybridized carbons (Fsp3) is 0.333. The highest BCUT2D eigenvalue weighted by molar-refractivity contribution is 7.10. The molecule has 1 nitrogen and oxygen atoms in total. The average molecular weight is 296 g/mol. The van der Waals surface area contributed by atoms with Crippen LogP contribution >= 0.6 is 22.9 Å². The molecule has 1 aromatic heterocycles. The second-order valence-corrected chi connectivity index (χ2v) is 6.11. The van der Waals surface area contributed by atoms with Crippen LogP contribution in [0, 0.1) is 5.82 Å². The lowest BCUT2D eigenvalue weighted by atomic mass is 10.0. The minimum atomic E-state index is -0.177. The summed E-state index contributed by atoms with van der Waals surface area (Å²) < 4.78 is 14.2. The number of nitrogens with zero attached hydrogens (tertiary/aromatic N) is 1. The molecule has 4 heteroatoms. The molecule has 1 aromatic carbocycles. The zero-order valence-electron chi connectivity index (χ0n) is 10.7. The first-order valence-electron chi connectivity index (χ1n) is 6.38. The molecule has 0 saturated heterocycles. The van der Waals surface area contributed by atoms with Crippen molar-refractivity contribution in [2.45, 2.75) is 25.3 Å². The van der Waals surface area contributed by atoms with E-state index in [2.05, 4.69) is 23.3 Å². The topological polar surface area (TPSA) is 3.24 Å². The Morgan fingerprint density at radius 3 is 3.00 bits per heavy atom. The van der Waals surface area contributed by atoms with Gasteiger partial charge in [0.15, 0.2) is 0 Å². The number of fused-ring (bicyclic) bond motifs is 1. The monoisotopic (exact) mass is 295 g/mol. The van der Waals surface area contributed by atoms with Gasteiger partial charge in [0.1, 0.15) is 5.82 Å². The van der Waals surface area contributed by atoms with Crippen molar-refractivity contribution in [3.05, 3.63) is 51.5 Å². The minimum absolute atomic E-state index is 0.177. The Kier molecular flexibility index (Phi) is 3.50. The van der Waals surface area contributed by atoms with Crippen LogP contribution in [0.5, 0.6) is 0 Å². The molecule has 1 aliphatic heterocycles. The third-order valence-corrected chi connectivity index (χ3v) is 5.06. The number of hydrogen-bond donors (Lipinski definition) is 0. The molecule has 0 N–H and O–H groups in total. The number of benzene rings is 1. The Labute approximate surface area is 121 Å². The van der Waals surface area contributed by atoms with E-state index in [-0.39, 0.29) is 11.9 Å². The summed E-state index contributed by atoms with van der Waals surface area (Å²) in [5.74, 6) is 0.171. The summed E-state index contributed by atoms with van der Waals surface area (Å²) in [6.45, 7) is 3.01. The Bertz CT molecular complexity index is 596. The lowest BCUT2D eigenvalue weighted by Gasteiger charge is -2.35. The maximum atomic E-state index is 14.2. The van der Waals surface area contributed by atoms with Crippen LogP contribution in [0.3, 0.4) is 0 Å². The first-order valence-corrected chi connectivity index (χ1v) is 7.79. The SMILES string of the molecule is CC1c2ccsc2CCN1c1ccc(CCl)cc1F. The molecule has 0 amide bonds. The predicted octanol–water partition coefficient (Wildman–Crippen LogP) is 4.75. The maximum Gasteiger partial charge on any atom is 0.146 e. The van der Waals surface area contributed by atoms with E-state index in [0.717, 1.165) is 18.5 Å². The first kappa shape index (κ1) is 12.9. The van der Waals surface area contributed by atoms with E-state index in [4.69, 9.17) is 11.6 Å². The molecule has 100 valence electrons. The lowest BCUT2D eigenvalue weighted by Crippen LogP contribution is -2.33. The number of rotatable bonds is 2. The first-order chi connectivity index (χ1) is 9.20. The molecule has 0 fully saturated rings. The maximum absolute atomic E-state index is 14.2. The molecule has 2 aromatic rings. The summed E-state index contributed by atoms with van der Waals surface area (Å²) in [6.07, 6.45) is 0.994. The van der Waals surface area contributed by atoms with Crippen LogP contribution in [-0.2, 0) is 12.3 Å². The van der Waals surface area contributed by atoms with Gasteiger partial charge in [-0.05, 0) is 48.1 Å². The Balaban J connectivity index is 1.95. The number of hydrogen-bond acceptors (Lipinski definition) is 2. The van der Waals surface area contributed by atoms with Crippen LogP contribution < -0.4 is 4.90 Å². The molecular weight excluding hydrogens is 281 g/mol. The Hall–Kier alpha value is -1.06. The van der Waals surface area contributed by atoms with E-state index < -0.39 is 0 Å². The van der Waals surface area contributed by atoms with Gasteiger partial charge in [0, 0.05) is 17.3 Å². The Morgan fingerprint density at radius 1 is 1.42 bits per heavy atom. The quantitative estimate of drug-likeness (QED) is 0.723. The third kappa shape index (κ3) is 2.26. The van der Waals surface area contributed by atoms with Crippen molar-refractivity contribution in [1.29, 1.82) is 0 Å². The van der Waals surface area contributed by atoms with Crippen molar-refractivity contribution in [2.24, 2.45) is 0 Å². The highest BCUT2D eigenvalue weighted by atomic mass is 35.5. The van der Waals surface area contributed by atoms with Gasteiger partial charge in [0.25, 0.3) is 0 Å². The molecule has 0 bridgehead atoms. The molecule has 1 atom stereocenters. The van der Waals surface area contributed by atoms with Crippen LogP contribution in [0.25, 0.3) is 0 Å². The molecule has 0 saturated carbocycles. The van der Waals surface area contributed by atoms with Crippen LogP contribution in [0.15, 0.2) is 29.6 Å². The molecule has 0 aliphatic carbocycles. The van der Waals surface area contributed by atoms with Crippen molar-refractivity contribution in [3.63, 3.8) is 0 Å². The number of anilines is 1. The van der Waals surface area contributed by atoms with Gasteiger partial charge in [-0.3, -0.25) is 0 Å². The van der Waals surface area contributed by atoms with E-state index >= 15 is 0 Å². The van der Waals surface area contributed by atoms with Crippen LogP contribution in [0.4, 0.5) is 10.1 Å². The smallest absolute Gasteiger partial charge is 0.146 e. The van der Waals surface area contributed by atoms with Gasteiger partial charge in [-0.1, -0.05) is 6.07 Å². The summed E-state index contributed by atoms with van der Waals surface area (Å²) in [6, 6.07) is 7.67. The molecule has 2 heterocycles. The normalized spacial score (nSPS) is 18.5. The van der Waals surface area contributed by atoms with Gasteiger partial charge in [-0.25, -0.2) is 4.39 Å². The van der Waals surface area contributed by atoms with Gasteiger partial charge < -0.3 is 4.90 Å². The van der Waals surface area contributed by atoms with E-state index in [0.29, 0.717) is 11.6 Å². The zero-order chi connectivity index (χ0) is 13.4. The second-order valence-electron chi connectivity index (χ2n) is 4.84. The highest BCUT2D eigenvalue weighted by Crippen LogP contribution is 2.37. The number of halogens is 2. The van der Waals surface area contributed by atoms with Crippen molar-refractivity contribution >= 4 is 28.6 Å². The molecule has 0 radical (unpaired) electrons. The Morgan fingerprint density at radius 2 is 2.26 bits per heavy atom. The lowest BCUT2D eigenvalue weighted by molar-refractivity contribution is 0.581. The molecule has 1 aliphatic rings. The second kappa shape index (κ2) is 5.14. The predicted molar refractivity (Wildman–Crippen MR) is 79.7 cm³/mol. The van der Waals surface area contributed by atoms with Crippen molar-refractivity contribution < 1.29 is 4.39 Å². The van der Waals surface area contributed by atoms with E-state index in [9.17, 15) is 4.39 Å². The minimum Gasteiger partial charge on any atom is -0.362 e. The van der Waals surface area contributed by atoms with Gasteiger partial charge in [0.05, 0.1) is 11.7 Å². The average Bonchev–Trinajstić information content (AvgIpc) is 2.89. The van der Waals surface area contributed by atoms with Crippen molar-refractivity contribution in [1.82, 2.24) is 0 Å². The summed E-state index contributed by atoms with van der Waals surface area (Å²) in [4.78, 5) is 3.57. The van der Waals surface area contributed by atoms with Gasteiger partial charge >= 0.3 is 0 Å². The number of thiophene rings is 1. The van der Waals surface area contributed by atoms with Crippen LogP contribution in [-0.4, -0.2) is 6.54 Å². The van der Waals surface area contributed by atoms with E-state index in [1.807, 2.05) is 12.1 Å². The largest absolute Gasteiger partial charge is 0.362 e. The molecule has 1 unspecified atom stereocenters. The zero-order valence-corrected chi connectivity index (χ0v) is 12.3. The van der Waals surface area contributed by atoms with Gasteiger partial charge in [-0.15, -0.1) is 22.9 Å². The van der Waals surface area contributed by atoms with Crippen LogP contribution in [0.1, 0.15) is 29.0 Å². The summed E-state index contributed by atoms with van der Waals surface area (Å²) in [5, 5.41) is 2.12. The molecule has 19 heavy (non-hydrogen) atoms. The van der Waals surface area contributed by atoms with Gasteiger partial charge in [-0.2, -0.15) is 0 Å². The number of alkyl halides is 1. The van der Waals surface area contributed by atoms with E-state index in [1.165, 1.54) is 16.5 Å². The summed E-state index contributed by atoms with van der Waals surface area (Å²) in [7, 11) is 0. The third-order valence-electron chi connectivity index (χ3n) is 3.75. The summed E-state index contributed by atoms with van der Waals surface area (Å²) in [5.41, 5.74) is 2.83. The molecule has 3 rings (SSSR count). The molecular formula is C15H15ClFNS. The van der Waals surface area contributed by atoms with E-state index in [1.54, 1.807) is 11.3 Å². The molecule has 0 spiro atoms. The van der Waals surface area contributed by atoms with Gasteiger partial charge in [0.2, 0.25) is 0 Å². The standard InChI is InChI=1S/C15H15ClFNS/c1-10-12-5-7-19-15(12)4-6-18(10)14-3-2-11(9-16)8-13(14)17/h2-3,5,7-8,10H,4,6,9H2,1H3. The fourth-order valence-corrected chi connectivity index (χ4v) is 3.83. The fourth-order valence-electron chi connectivity index (χ4n) is 2.71. The van der Waals surface area contributed by atoms with Crippen molar-refractivity contribution in [2.75, 3.05) is 11.4 Å². The van der Waals surface area contributed by atoms with Crippen LogP contribution in [0.2, 0.25) is 0 Å². The highest BCUT2D eigenvalue weighted by Gasteiger charge is 2.26.